The Morgan fingerprint density at radius 3 is 1.47 bits per heavy atom. The molecule has 0 unspecified atom stereocenters. The van der Waals surface area contributed by atoms with Gasteiger partial charge in [-0.3, -0.25) is 4.79 Å². The maximum absolute atomic E-state index is 11.8. The van der Waals surface area contributed by atoms with Gasteiger partial charge in [0.1, 0.15) is 0 Å². The van der Waals surface area contributed by atoms with Crippen LogP contribution in [-0.2, 0) is 4.79 Å². The van der Waals surface area contributed by atoms with Gasteiger partial charge in [-0.1, -0.05) is 0 Å². The van der Waals surface area contributed by atoms with E-state index < -0.39 is 0 Å². The van der Waals surface area contributed by atoms with Gasteiger partial charge in [0, 0.05) is 11.1 Å². The second kappa shape index (κ2) is 3.27. The number of rotatable bonds is 3. The summed E-state index contributed by atoms with van der Waals surface area (Å²) in [4.78, 5) is 14.1. The minimum atomic E-state index is 0.297. The number of carbonyl (C=O) groups is 1. The molecule has 4 fully saturated rings. The Balaban J connectivity index is 1.68. The van der Waals surface area contributed by atoms with Crippen LogP contribution in [0.2, 0.25) is 0 Å². The highest BCUT2D eigenvalue weighted by Crippen LogP contribution is 2.58. The summed E-state index contributed by atoms with van der Waals surface area (Å²) in [6, 6.07) is 0. The Labute approximate surface area is 104 Å². The van der Waals surface area contributed by atoms with Crippen LogP contribution in [0.15, 0.2) is 0 Å². The van der Waals surface area contributed by atoms with Gasteiger partial charge in [0.15, 0.2) is 0 Å². The maximum atomic E-state index is 11.8. The number of carbonyl (C=O) groups excluding carboxylic acids is 1. The molecule has 0 saturated heterocycles. The molecule has 4 bridgehead atoms. The summed E-state index contributed by atoms with van der Waals surface area (Å²) < 4.78 is 0. The van der Waals surface area contributed by atoms with Crippen molar-refractivity contribution < 1.29 is 4.79 Å². The van der Waals surface area contributed by atoms with Crippen molar-refractivity contribution >= 4 is 6.41 Å². The lowest BCUT2D eigenvalue weighted by Gasteiger charge is -2.48. The molecule has 0 heterocycles. The molecule has 2 nitrogen and oxygen atoms in total. The van der Waals surface area contributed by atoms with Gasteiger partial charge in [-0.05, 0) is 76.0 Å². The molecule has 0 atom stereocenters. The van der Waals surface area contributed by atoms with Crippen molar-refractivity contribution in [3.8, 4) is 0 Å². The second-order valence-corrected chi connectivity index (χ2v) is 7.22. The van der Waals surface area contributed by atoms with Gasteiger partial charge >= 0.3 is 0 Å². The van der Waals surface area contributed by atoms with Gasteiger partial charge in [0.2, 0.25) is 6.41 Å². The van der Waals surface area contributed by atoms with E-state index in [0.29, 0.717) is 11.1 Å². The van der Waals surface area contributed by atoms with E-state index in [4.69, 9.17) is 0 Å². The predicted molar refractivity (Wildman–Crippen MR) is 66.5 cm³/mol. The summed E-state index contributed by atoms with van der Waals surface area (Å²) >= 11 is 0. The van der Waals surface area contributed by atoms with Crippen LogP contribution in [-0.4, -0.2) is 22.4 Å². The van der Waals surface area contributed by atoms with E-state index in [-0.39, 0.29) is 0 Å². The van der Waals surface area contributed by atoms with Crippen molar-refractivity contribution in [2.75, 3.05) is 0 Å². The van der Waals surface area contributed by atoms with Gasteiger partial charge in [0.25, 0.3) is 0 Å². The molecule has 2 heteroatoms. The quantitative estimate of drug-likeness (QED) is 0.686. The smallest absolute Gasteiger partial charge is 0.210 e. The topological polar surface area (TPSA) is 20.3 Å². The van der Waals surface area contributed by atoms with Crippen LogP contribution in [0.25, 0.3) is 0 Å². The number of hydrogen-bond donors (Lipinski definition) is 0. The van der Waals surface area contributed by atoms with Gasteiger partial charge in [0.05, 0.1) is 0 Å². The Hall–Kier alpha value is -0.530. The first-order valence-electron chi connectivity index (χ1n) is 7.51. The minimum absolute atomic E-state index is 0.297. The Kier molecular flexibility index (Phi) is 2.00. The highest BCUT2D eigenvalue weighted by molar-refractivity contribution is 5.52. The summed E-state index contributed by atoms with van der Waals surface area (Å²) in [6.45, 7) is 0. The van der Waals surface area contributed by atoms with Crippen LogP contribution in [0.1, 0.15) is 64.2 Å². The molecule has 17 heavy (non-hydrogen) atoms. The average molecular weight is 233 g/mol. The van der Waals surface area contributed by atoms with E-state index in [0.717, 1.165) is 11.8 Å². The van der Waals surface area contributed by atoms with Gasteiger partial charge in [-0.2, -0.15) is 0 Å². The molecule has 0 aromatic carbocycles. The Morgan fingerprint density at radius 1 is 0.824 bits per heavy atom. The molecule has 4 rings (SSSR count). The molecule has 1 amide bonds. The zero-order chi connectivity index (χ0) is 11.5. The number of fused-ring (bicyclic) bond motifs is 4. The van der Waals surface area contributed by atoms with Crippen LogP contribution in [0, 0.1) is 11.8 Å². The molecular formula is C15H23NO. The van der Waals surface area contributed by atoms with E-state index >= 15 is 0 Å². The standard InChI is InChI=1S/C15H23NO/c17-11-16(14-5-1-12(9-14)2-6-14)15-7-3-13(10-15)4-8-15/h11-13H,1-10H2. The van der Waals surface area contributed by atoms with Crippen molar-refractivity contribution in [3.05, 3.63) is 0 Å². The molecule has 0 radical (unpaired) electrons. The molecule has 94 valence electrons. The van der Waals surface area contributed by atoms with Gasteiger partial charge in [-0.15, -0.1) is 0 Å². The second-order valence-electron chi connectivity index (χ2n) is 7.22. The molecule has 4 saturated carbocycles. The fraction of sp³-hybridized carbons (Fsp3) is 0.933. The third-order valence-corrected chi connectivity index (χ3v) is 6.54. The highest BCUT2D eigenvalue weighted by Gasteiger charge is 2.57. The number of hydrogen-bond acceptors (Lipinski definition) is 1. The predicted octanol–water partition coefficient (Wildman–Crippen LogP) is 3.11. The van der Waals surface area contributed by atoms with E-state index in [2.05, 4.69) is 4.90 Å². The van der Waals surface area contributed by atoms with E-state index in [1.165, 1.54) is 70.6 Å². The zero-order valence-electron chi connectivity index (χ0n) is 10.7. The summed E-state index contributed by atoms with van der Waals surface area (Å²) in [5.74, 6) is 1.87. The normalized spacial score (nSPS) is 51.1. The minimum Gasteiger partial charge on any atom is -0.334 e. The lowest BCUT2D eigenvalue weighted by atomic mass is 9.84. The maximum Gasteiger partial charge on any atom is 0.210 e. The summed E-state index contributed by atoms with van der Waals surface area (Å²) in [5.41, 5.74) is 0.595. The molecule has 4 aliphatic carbocycles. The zero-order valence-corrected chi connectivity index (χ0v) is 10.7. The number of amides is 1. The first-order valence-corrected chi connectivity index (χ1v) is 7.51. The van der Waals surface area contributed by atoms with Crippen LogP contribution in [0.3, 0.4) is 0 Å². The van der Waals surface area contributed by atoms with Crippen molar-refractivity contribution in [2.45, 2.75) is 75.3 Å². The van der Waals surface area contributed by atoms with Crippen LogP contribution in [0.4, 0.5) is 0 Å². The molecule has 0 aromatic heterocycles. The van der Waals surface area contributed by atoms with Crippen LogP contribution in [0.5, 0.6) is 0 Å². The first kappa shape index (κ1) is 10.4. The largest absolute Gasteiger partial charge is 0.334 e. The van der Waals surface area contributed by atoms with Crippen molar-refractivity contribution in [1.29, 1.82) is 0 Å². The lowest BCUT2D eigenvalue weighted by Crippen LogP contribution is -2.56. The SMILES string of the molecule is O=CN(C12CCC(CC1)C2)C12CCC(CC1)C2. The van der Waals surface area contributed by atoms with Crippen molar-refractivity contribution in [1.82, 2.24) is 4.90 Å². The average Bonchev–Trinajstić information content (AvgIpc) is 3.09. The number of nitrogens with zero attached hydrogens (tertiary/aromatic N) is 1. The van der Waals surface area contributed by atoms with E-state index in [9.17, 15) is 4.79 Å². The van der Waals surface area contributed by atoms with Crippen molar-refractivity contribution in [2.24, 2.45) is 11.8 Å². The van der Waals surface area contributed by atoms with Gasteiger partial charge in [-0.25, -0.2) is 0 Å². The van der Waals surface area contributed by atoms with Gasteiger partial charge < -0.3 is 4.90 Å². The first-order chi connectivity index (χ1) is 8.26. The van der Waals surface area contributed by atoms with E-state index in [1.807, 2.05) is 0 Å². The molecule has 0 spiro atoms. The summed E-state index contributed by atoms with van der Waals surface area (Å²) in [6.07, 6.45) is 14.6. The van der Waals surface area contributed by atoms with Crippen LogP contribution >= 0.6 is 0 Å². The Morgan fingerprint density at radius 2 is 1.24 bits per heavy atom. The fourth-order valence-electron chi connectivity index (χ4n) is 5.73. The third-order valence-electron chi connectivity index (χ3n) is 6.54. The van der Waals surface area contributed by atoms with E-state index in [1.54, 1.807) is 0 Å². The summed E-state index contributed by atoms with van der Waals surface area (Å²) in [7, 11) is 0. The molecule has 0 aromatic rings. The monoisotopic (exact) mass is 233 g/mol. The molecule has 4 aliphatic rings. The molecule has 0 N–H and O–H groups in total. The fourth-order valence-corrected chi connectivity index (χ4v) is 5.73. The van der Waals surface area contributed by atoms with Crippen LogP contribution < -0.4 is 0 Å². The highest BCUT2D eigenvalue weighted by atomic mass is 16.1. The third kappa shape index (κ3) is 1.25. The molecule has 0 aliphatic heterocycles. The van der Waals surface area contributed by atoms with Crippen molar-refractivity contribution in [3.63, 3.8) is 0 Å². The lowest BCUT2D eigenvalue weighted by molar-refractivity contribution is -0.133. The Bertz CT molecular complexity index is 305. The summed E-state index contributed by atoms with van der Waals surface area (Å²) in [5, 5.41) is 0. The molecular weight excluding hydrogens is 210 g/mol.